The highest BCUT2D eigenvalue weighted by atomic mass is 16.5. The van der Waals surface area contributed by atoms with Crippen molar-refractivity contribution in [2.24, 2.45) is 0 Å². The summed E-state index contributed by atoms with van der Waals surface area (Å²) in [5, 5.41) is 10.7. The molecule has 1 amide bonds. The molecule has 2 aromatic heterocycles. The first-order valence-corrected chi connectivity index (χ1v) is 7.85. The minimum absolute atomic E-state index is 0.125. The number of aryl methyl sites for hydroxylation is 2. The second-order valence-corrected chi connectivity index (χ2v) is 5.67. The number of aromatic nitrogens is 2. The molecule has 1 aromatic carbocycles. The SMILES string of the molecule is COc1cccc(-c2cc(CNC(=O)Cc3c(C)noc3C)no2)c1. The third-order valence-electron chi connectivity index (χ3n) is 3.90. The van der Waals surface area contributed by atoms with Crippen molar-refractivity contribution >= 4 is 5.91 Å². The van der Waals surface area contributed by atoms with Gasteiger partial charge in [-0.2, -0.15) is 0 Å². The molecule has 0 bridgehead atoms. The molecule has 7 heteroatoms. The second-order valence-electron chi connectivity index (χ2n) is 5.67. The van der Waals surface area contributed by atoms with Crippen molar-refractivity contribution in [3.63, 3.8) is 0 Å². The zero-order chi connectivity index (χ0) is 17.8. The number of hydrogen-bond acceptors (Lipinski definition) is 6. The molecule has 0 atom stereocenters. The van der Waals surface area contributed by atoms with Crippen molar-refractivity contribution in [3.05, 3.63) is 53.0 Å². The number of rotatable bonds is 6. The molecule has 7 nitrogen and oxygen atoms in total. The Morgan fingerprint density at radius 3 is 2.76 bits per heavy atom. The number of hydrogen-bond donors (Lipinski definition) is 1. The van der Waals surface area contributed by atoms with Gasteiger partial charge in [0.2, 0.25) is 5.91 Å². The first kappa shape index (κ1) is 16.8. The lowest BCUT2D eigenvalue weighted by Crippen LogP contribution is -2.25. The Morgan fingerprint density at radius 2 is 2.04 bits per heavy atom. The third kappa shape index (κ3) is 3.88. The van der Waals surface area contributed by atoms with Crippen LogP contribution in [0.4, 0.5) is 0 Å². The summed E-state index contributed by atoms with van der Waals surface area (Å²) in [6.45, 7) is 3.90. The molecule has 3 aromatic rings. The lowest BCUT2D eigenvalue weighted by Gasteiger charge is -2.02. The standard InChI is InChI=1S/C18H19N3O4/c1-11-16(12(2)24-20-11)9-18(22)19-10-14-8-17(25-21-14)13-5-4-6-15(7-13)23-3/h4-8H,9-10H2,1-3H3,(H,19,22). The van der Waals surface area contributed by atoms with E-state index >= 15 is 0 Å². The van der Waals surface area contributed by atoms with E-state index in [1.807, 2.05) is 31.2 Å². The van der Waals surface area contributed by atoms with Crippen molar-refractivity contribution < 1.29 is 18.6 Å². The number of ether oxygens (including phenoxy) is 1. The van der Waals surface area contributed by atoms with Crippen molar-refractivity contribution in [2.75, 3.05) is 7.11 Å². The van der Waals surface area contributed by atoms with Crippen molar-refractivity contribution in [2.45, 2.75) is 26.8 Å². The molecule has 0 aliphatic rings. The summed E-state index contributed by atoms with van der Waals surface area (Å²) in [6, 6.07) is 9.30. The van der Waals surface area contributed by atoms with Gasteiger partial charge in [-0.05, 0) is 26.0 Å². The van der Waals surface area contributed by atoms with E-state index in [0.717, 1.165) is 22.6 Å². The lowest BCUT2D eigenvalue weighted by molar-refractivity contribution is -0.120. The Balaban J connectivity index is 1.61. The summed E-state index contributed by atoms with van der Waals surface area (Å²) in [7, 11) is 1.61. The Kier molecular flexibility index (Phi) is 4.83. The maximum Gasteiger partial charge on any atom is 0.224 e. The topological polar surface area (TPSA) is 90.4 Å². The maximum absolute atomic E-state index is 12.1. The van der Waals surface area contributed by atoms with E-state index in [1.54, 1.807) is 20.1 Å². The number of nitrogens with zero attached hydrogens (tertiary/aromatic N) is 2. The van der Waals surface area contributed by atoms with E-state index in [1.165, 1.54) is 0 Å². The first-order chi connectivity index (χ1) is 12.1. The van der Waals surface area contributed by atoms with Gasteiger partial charge in [-0.3, -0.25) is 4.79 Å². The van der Waals surface area contributed by atoms with E-state index in [-0.39, 0.29) is 18.9 Å². The van der Waals surface area contributed by atoms with Gasteiger partial charge in [-0.1, -0.05) is 22.4 Å². The van der Waals surface area contributed by atoms with Crippen molar-refractivity contribution in [1.82, 2.24) is 15.6 Å². The number of nitrogens with one attached hydrogen (secondary N) is 1. The summed E-state index contributed by atoms with van der Waals surface area (Å²) < 4.78 is 15.6. The minimum atomic E-state index is -0.125. The number of methoxy groups -OCH3 is 1. The zero-order valence-electron chi connectivity index (χ0n) is 14.3. The van der Waals surface area contributed by atoms with Gasteiger partial charge in [-0.15, -0.1) is 0 Å². The number of amides is 1. The predicted octanol–water partition coefficient (Wildman–Crippen LogP) is 2.81. The van der Waals surface area contributed by atoms with Crippen LogP contribution in [0.15, 0.2) is 39.4 Å². The van der Waals surface area contributed by atoms with Crippen LogP contribution in [-0.4, -0.2) is 23.3 Å². The molecular formula is C18H19N3O4. The quantitative estimate of drug-likeness (QED) is 0.741. The molecule has 0 spiro atoms. The molecule has 0 aliphatic carbocycles. The van der Waals surface area contributed by atoms with Gasteiger partial charge >= 0.3 is 0 Å². The van der Waals surface area contributed by atoms with E-state index in [2.05, 4.69) is 15.6 Å². The second kappa shape index (κ2) is 7.21. The Morgan fingerprint density at radius 1 is 1.20 bits per heavy atom. The molecule has 1 N–H and O–H groups in total. The van der Waals surface area contributed by atoms with Gasteiger partial charge < -0.3 is 19.1 Å². The van der Waals surface area contributed by atoms with Gasteiger partial charge in [0.15, 0.2) is 5.76 Å². The van der Waals surface area contributed by atoms with Crippen LogP contribution in [0.2, 0.25) is 0 Å². The highest BCUT2D eigenvalue weighted by Gasteiger charge is 2.14. The molecule has 0 saturated heterocycles. The summed E-state index contributed by atoms with van der Waals surface area (Å²) in [5.74, 6) is 1.90. The molecule has 130 valence electrons. The predicted molar refractivity (Wildman–Crippen MR) is 90.0 cm³/mol. The van der Waals surface area contributed by atoms with Crippen molar-refractivity contribution in [1.29, 1.82) is 0 Å². The van der Waals surface area contributed by atoms with E-state index in [4.69, 9.17) is 13.8 Å². The normalized spacial score (nSPS) is 10.7. The fraction of sp³-hybridized carbons (Fsp3) is 0.278. The summed E-state index contributed by atoms with van der Waals surface area (Å²) in [6.07, 6.45) is 0.224. The molecule has 0 radical (unpaired) electrons. The van der Waals surface area contributed by atoms with Gasteiger partial charge in [0.25, 0.3) is 0 Å². The number of carbonyl (C=O) groups excluding carboxylic acids is 1. The Bertz CT molecular complexity index is 863. The van der Waals surface area contributed by atoms with E-state index in [0.29, 0.717) is 17.2 Å². The number of benzene rings is 1. The van der Waals surface area contributed by atoms with E-state index in [9.17, 15) is 4.79 Å². The minimum Gasteiger partial charge on any atom is -0.497 e. The molecular weight excluding hydrogens is 322 g/mol. The van der Waals surface area contributed by atoms with Crippen LogP contribution < -0.4 is 10.1 Å². The lowest BCUT2D eigenvalue weighted by atomic mass is 10.1. The van der Waals surface area contributed by atoms with Crippen LogP contribution in [0, 0.1) is 13.8 Å². The monoisotopic (exact) mass is 341 g/mol. The highest BCUT2D eigenvalue weighted by molar-refractivity contribution is 5.79. The van der Waals surface area contributed by atoms with Crippen LogP contribution in [-0.2, 0) is 17.8 Å². The van der Waals surface area contributed by atoms with Crippen LogP contribution in [0.25, 0.3) is 11.3 Å². The molecule has 0 aliphatic heterocycles. The summed E-state index contributed by atoms with van der Waals surface area (Å²) in [4.78, 5) is 12.1. The Labute approximate surface area is 144 Å². The molecule has 3 rings (SSSR count). The molecule has 0 fully saturated rings. The third-order valence-corrected chi connectivity index (χ3v) is 3.90. The Hall–Kier alpha value is -3.09. The number of carbonyl (C=O) groups is 1. The van der Waals surface area contributed by atoms with Crippen molar-refractivity contribution in [3.8, 4) is 17.1 Å². The zero-order valence-corrected chi connectivity index (χ0v) is 14.3. The van der Waals surface area contributed by atoms with Crippen LogP contribution in [0.1, 0.15) is 22.7 Å². The van der Waals surface area contributed by atoms with E-state index < -0.39 is 0 Å². The van der Waals surface area contributed by atoms with Gasteiger partial charge in [0.1, 0.15) is 17.2 Å². The smallest absolute Gasteiger partial charge is 0.224 e. The van der Waals surface area contributed by atoms with Gasteiger partial charge in [0, 0.05) is 17.2 Å². The van der Waals surface area contributed by atoms with Gasteiger partial charge in [0.05, 0.1) is 25.8 Å². The summed E-state index contributed by atoms with van der Waals surface area (Å²) in [5.41, 5.74) is 3.05. The maximum atomic E-state index is 12.1. The largest absolute Gasteiger partial charge is 0.497 e. The highest BCUT2D eigenvalue weighted by Crippen LogP contribution is 2.24. The summed E-state index contributed by atoms with van der Waals surface area (Å²) >= 11 is 0. The fourth-order valence-electron chi connectivity index (χ4n) is 2.47. The van der Waals surface area contributed by atoms with Crippen LogP contribution >= 0.6 is 0 Å². The fourth-order valence-corrected chi connectivity index (χ4v) is 2.47. The van der Waals surface area contributed by atoms with Crippen LogP contribution in [0.5, 0.6) is 5.75 Å². The molecule has 25 heavy (non-hydrogen) atoms. The molecule has 2 heterocycles. The average molecular weight is 341 g/mol. The molecule has 0 unspecified atom stereocenters. The first-order valence-electron chi connectivity index (χ1n) is 7.85. The van der Waals surface area contributed by atoms with Crippen LogP contribution in [0.3, 0.4) is 0 Å². The van der Waals surface area contributed by atoms with Gasteiger partial charge in [-0.25, -0.2) is 0 Å². The molecule has 0 saturated carbocycles. The average Bonchev–Trinajstić information content (AvgIpc) is 3.22.